The highest BCUT2D eigenvalue weighted by Crippen LogP contribution is 2.26. The van der Waals surface area contributed by atoms with Gasteiger partial charge in [-0.05, 0) is 55.2 Å². The van der Waals surface area contributed by atoms with Crippen molar-refractivity contribution in [2.75, 3.05) is 18.0 Å². The standard InChI is InChI=1S/C21H23BrN4O/c1-14-17(18-10-16(22)5-6-19(18)25-14)11-21(27)24-13-15-4-7-20(23-12-15)26-8-2-3-9-26/h4-7,10,12,25H,2-3,8-9,11,13H2,1H3,(H,24,27). The van der Waals surface area contributed by atoms with Crippen molar-refractivity contribution in [3.63, 3.8) is 0 Å². The number of amides is 1. The molecule has 0 atom stereocenters. The number of anilines is 1. The van der Waals surface area contributed by atoms with E-state index in [1.165, 1.54) is 12.8 Å². The molecule has 0 radical (unpaired) electrons. The van der Waals surface area contributed by atoms with Crippen LogP contribution >= 0.6 is 15.9 Å². The van der Waals surface area contributed by atoms with Crippen molar-refractivity contribution in [2.45, 2.75) is 32.7 Å². The number of carbonyl (C=O) groups excluding carboxylic acids is 1. The van der Waals surface area contributed by atoms with Gasteiger partial charge in [0.1, 0.15) is 5.82 Å². The number of hydrogen-bond donors (Lipinski definition) is 2. The van der Waals surface area contributed by atoms with Crippen LogP contribution in [0.5, 0.6) is 0 Å². The van der Waals surface area contributed by atoms with Crippen LogP contribution in [0.25, 0.3) is 10.9 Å². The van der Waals surface area contributed by atoms with Crippen molar-refractivity contribution in [1.29, 1.82) is 0 Å². The lowest BCUT2D eigenvalue weighted by Crippen LogP contribution is -2.25. The lowest BCUT2D eigenvalue weighted by atomic mass is 10.1. The highest BCUT2D eigenvalue weighted by atomic mass is 79.9. The number of hydrogen-bond acceptors (Lipinski definition) is 3. The number of pyridine rings is 1. The number of rotatable bonds is 5. The fourth-order valence-electron chi connectivity index (χ4n) is 3.66. The quantitative estimate of drug-likeness (QED) is 0.645. The fourth-order valence-corrected chi connectivity index (χ4v) is 4.02. The molecule has 27 heavy (non-hydrogen) atoms. The van der Waals surface area contributed by atoms with Gasteiger partial charge in [-0.25, -0.2) is 4.98 Å². The summed E-state index contributed by atoms with van der Waals surface area (Å²) in [7, 11) is 0. The Labute approximate surface area is 167 Å². The summed E-state index contributed by atoms with van der Waals surface area (Å²) in [4.78, 5) is 22.7. The first-order chi connectivity index (χ1) is 13.1. The van der Waals surface area contributed by atoms with Crippen molar-refractivity contribution in [3.8, 4) is 0 Å². The molecule has 0 spiro atoms. The van der Waals surface area contributed by atoms with Crippen molar-refractivity contribution >= 4 is 38.6 Å². The number of benzene rings is 1. The molecule has 5 nitrogen and oxygen atoms in total. The highest BCUT2D eigenvalue weighted by Gasteiger charge is 2.14. The number of halogens is 1. The normalized spacial score (nSPS) is 14.1. The summed E-state index contributed by atoms with van der Waals surface area (Å²) < 4.78 is 1.01. The van der Waals surface area contributed by atoms with Gasteiger partial charge in [0.15, 0.2) is 0 Å². The third-order valence-corrected chi connectivity index (χ3v) is 5.64. The van der Waals surface area contributed by atoms with E-state index in [2.05, 4.69) is 48.2 Å². The molecule has 6 heteroatoms. The lowest BCUT2D eigenvalue weighted by molar-refractivity contribution is -0.120. The molecule has 1 amide bonds. The number of nitrogens with zero attached hydrogens (tertiary/aromatic N) is 2. The second-order valence-electron chi connectivity index (χ2n) is 7.09. The van der Waals surface area contributed by atoms with Crippen LogP contribution in [0, 0.1) is 6.92 Å². The van der Waals surface area contributed by atoms with Crippen molar-refractivity contribution in [2.24, 2.45) is 0 Å². The number of aromatic nitrogens is 2. The molecule has 2 aromatic heterocycles. The van der Waals surface area contributed by atoms with Gasteiger partial charge in [0, 0.05) is 46.9 Å². The van der Waals surface area contributed by atoms with E-state index in [1.807, 2.05) is 31.3 Å². The number of nitrogens with one attached hydrogen (secondary N) is 2. The Bertz CT molecular complexity index is 958. The topological polar surface area (TPSA) is 61.0 Å². The van der Waals surface area contributed by atoms with Gasteiger partial charge < -0.3 is 15.2 Å². The molecule has 0 bridgehead atoms. The first kappa shape index (κ1) is 18.0. The Morgan fingerprint density at radius 2 is 2.07 bits per heavy atom. The van der Waals surface area contributed by atoms with E-state index in [0.717, 1.165) is 51.1 Å². The first-order valence-electron chi connectivity index (χ1n) is 9.33. The number of fused-ring (bicyclic) bond motifs is 1. The lowest BCUT2D eigenvalue weighted by Gasteiger charge is -2.16. The van der Waals surface area contributed by atoms with Crippen LogP contribution in [0.2, 0.25) is 0 Å². The predicted molar refractivity (Wildman–Crippen MR) is 112 cm³/mol. The Kier molecular flexibility index (Phi) is 5.16. The van der Waals surface area contributed by atoms with Gasteiger partial charge in [-0.3, -0.25) is 4.79 Å². The maximum absolute atomic E-state index is 12.5. The number of H-pyrrole nitrogens is 1. The van der Waals surface area contributed by atoms with Crippen LogP contribution in [-0.2, 0) is 17.8 Å². The van der Waals surface area contributed by atoms with E-state index in [-0.39, 0.29) is 5.91 Å². The Hall–Kier alpha value is -2.34. The molecular formula is C21H23BrN4O. The Balaban J connectivity index is 1.38. The van der Waals surface area contributed by atoms with Gasteiger partial charge >= 0.3 is 0 Å². The molecule has 1 aliphatic heterocycles. The second-order valence-corrected chi connectivity index (χ2v) is 8.01. The van der Waals surface area contributed by atoms with E-state index in [0.29, 0.717) is 13.0 Å². The summed E-state index contributed by atoms with van der Waals surface area (Å²) in [6.45, 7) is 4.68. The number of carbonyl (C=O) groups is 1. The van der Waals surface area contributed by atoms with Crippen LogP contribution in [-0.4, -0.2) is 29.0 Å². The van der Waals surface area contributed by atoms with E-state index >= 15 is 0 Å². The van der Waals surface area contributed by atoms with Crippen molar-refractivity contribution < 1.29 is 4.79 Å². The van der Waals surface area contributed by atoms with Crippen LogP contribution in [0.1, 0.15) is 29.7 Å². The minimum Gasteiger partial charge on any atom is -0.358 e. The molecule has 4 rings (SSSR count). The SMILES string of the molecule is Cc1[nH]c2ccc(Br)cc2c1CC(=O)NCc1ccc(N2CCCC2)nc1. The van der Waals surface area contributed by atoms with Crippen molar-refractivity contribution in [3.05, 3.63) is 57.8 Å². The van der Waals surface area contributed by atoms with Crippen LogP contribution < -0.4 is 10.2 Å². The summed E-state index contributed by atoms with van der Waals surface area (Å²) in [6.07, 6.45) is 4.70. The molecule has 0 unspecified atom stereocenters. The molecule has 140 valence electrons. The molecule has 1 aliphatic rings. The molecule has 3 heterocycles. The predicted octanol–water partition coefficient (Wildman–Crippen LogP) is 4.09. The molecule has 0 aliphatic carbocycles. The molecule has 1 fully saturated rings. The summed E-state index contributed by atoms with van der Waals surface area (Å²) >= 11 is 3.51. The minimum absolute atomic E-state index is 0.0163. The largest absolute Gasteiger partial charge is 0.358 e. The van der Waals surface area contributed by atoms with Gasteiger partial charge in [0.05, 0.1) is 6.42 Å². The Morgan fingerprint density at radius 3 is 2.81 bits per heavy atom. The zero-order valence-corrected chi connectivity index (χ0v) is 17.0. The maximum Gasteiger partial charge on any atom is 0.224 e. The third kappa shape index (κ3) is 4.00. The monoisotopic (exact) mass is 426 g/mol. The molecule has 1 aromatic carbocycles. The van der Waals surface area contributed by atoms with Gasteiger partial charge in [-0.1, -0.05) is 22.0 Å². The first-order valence-corrected chi connectivity index (χ1v) is 10.1. The summed E-state index contributed by atoms with van der Waals surface area (Å²) in [5.74, 6) is 1.05. The van der Waals surface area contributed by atoms with E-state index in [1.54, 1.807) is 0 Å². The maximum atomic E-state index is 12.5. The zero-order valence-electron chi connectivity index (χ0n) is 15.4. The molecule has 2 N–H and O–H groups in total. The average molecular weight is 427 g/mol. The van der Waals surface area contributed by atoms with E-state index < -0.39 is 0 Å². The van der Waals surface area contributed by atoms with Crippen LogP contribution in [0.3, 0.4) is 0 Å². The summed E-state index contributed by atoms with van der Waals surface area (Å²) in [5.41, 5.74) is 4.16. The van der Waals surface area contributed by atoms with Gasteiger partial charge in [0.25, 0.3) is 0 Å². The molecular weight excluding hydrogens is 404 g/mol. The fraction of sp³-hybridized carbons (Fsp3) is 0.333. The summed E-state index contributed by atoms with van der Waals surface area (Å²) in [5, 5.41) is 4.11. The number of aryl methyl sites for hydroxylation is 1. The van der Waals surface area contributed by atoms with Gasteiger partial charge in [0.2, 0.25) is 5.91 Å². The van der Waals surface area contributed by atoms with Gasteiger partial charge in [-0.2, -0.15) is 0 Å². The van der Waals surface area contributed by atoms with Gasteiger partial charge in [-0.15, -0.1) is 0 Å². The average Bonchev–Trinajstić information content (AvgIpc) is 3.30. The second kappa shape index (κ2) is 7.72. The van der Waals surface area contributed by atoms with E-state index in [4.69, 9.17) is 0 Å². The molecule has 3 aromatic rings. The zero-order chi connectivity index (χ0) is 18.8. The smallest absolute Gasteiger partial charge is 0.224 e. The molecule has 1 saturated heterocycles. The minimum atomic E-state index is 0.0163. The summed E-state index contributed by atoms with van der Waals surface area (Å²) in [6, 6.07) is 10.2. The van der Waals surface area contributed by atoms with Crippen LogP contribution in [0.4, 0.5) is 5.82 Å². The molecule has 0 saturated carbocycles. The van der Waals surface area contributed by atoms with Crippen LogP contribution in [0.15, 0.2) is 41.0 Å². The Morgan fingerprint density at radius 1 is 1.26 bits per heavy atom. The van der Waals surface area contributed by atoms with E-state index in [9.17, 15) is 4.79 Å². The third-order valence-electron chi connectivity index (χ3n) is 5.15. The highest BCUT2D eigenvalue weighted by molar-refractivity contribution is 9.10. The van der Waals surface area contributed by atoms with Crippen molar-refractivity contribution in [1.82, 2.24) is 15.3 Å². The number of aromatic amines is 1.